The summed E-state index contributed by atoms with van der Waals surface area (Å²) >= 11 is 9.14. The Labute approximate surface area is 88.7 Å². The summed E-state index contributed by atoms with van der Waals surface area (Å²) in [5, 5.41) is 0.546. The molecule has 1 aliphatic heterocycles. The molecule has 1 heterocycles. The minimum atomic E-state index is 0.0689. The van der Waals surface area contributed by atoms with E-state index < -0.39 is 0 Å². The van der Waals surface area contributed by atoms with Crippen LogP contribution in [-0.2, 0) is 0 Å². The third kappa shape index (κ3) is 1.54. The van der Waals surface area contributed by atoms with Crippen molar-refractivity contribution in [2.45, 2.75) is 6.42 Å². The van der Waals surface area contributed by atoms with E-state index >= 15 is 0 Å². The standard InChI is InChI=1S/C9H5BrClNO/c10-6-4-8-5(3-7(6)11)9(13)1-2-12-8/h2-4H,1H2. The smallest absolute Gasteiger partial charge is 0.170 e. The summed E-state index contributed by atoms with van der Waals surface area (Å²) in [5.41, 5.74) is 1.29. The van der Waals surface area contributed by atoms with Crippen molar-refractivity contribution in [1.82, 2.24) is 0 Å². The van der Waals surface area contributed by atoms with Gasteiger partial charge in [0.15, 0.2) is 5.78 Å². The molecule has 0 radical (unpaired) electrons. The zero-order chi connectivity index (χ0) is 9.42. The molecule has 0 bridgehead atoms. The summed E-state index contributed by atoms with van der Waals surface area (Å²) in [4.78, 5) is 15.5. The number of Topliss-reactive ketones (excluding diaryl/α,β-unsaturated/α-hetero) is 1. The van der Waals surface area contributed by atoms with Crippen LogP contribution in [-0.4, -0.2) is 12.0 Å². The highest BCUT2D eigenvalue weighted by molar-refractivity contribution is 9.10. The van der Waals surface area contributed by atoms with Crippen molar-refractivity contribution in [2.75, 3.05) is 0 Å². The molecule has 0 unspecified atom stereocenters. The van der Waals surface area contributed by atoms with E-state index in [0.29, 0.717) is 22.7 Å². The molecular formula is C9H5BrClNO. The summed E-state index contributed by atoms with van der Waals surface area (Å²) in [6.45, 7) is 0. The van der Waals surface area contributed by atoms with Crippen molar-refractivity contribution in [3.05, 3.63) is 27.2 Å². The van der Waals surface area contributed by atoms with Crippen LogP contribution in [0.1, 0.15) is 16.8 Å². The number of halogens is 2. The number of carbonyl (C=O) groups excluding carboxylic acids is 1. The maximum atomic E-state index is 11.4. The number of hydrogen-bond donors (Lipinski definition) is 0. The molecule has 13 heavy (non-hydrogen) atoms. The summed E-state index contributed by atoms with van der Waals surface area (Å²) in [5.74, 6) is 0.0689. The fraction of sp³-hybridized carbons (Fsp3) is 0.111. The van der Waals surface area contributed by atoms with Crippen molar-refractivity contribution in [3.63, 3.8) is 0 Å². The van der Waals surface area contributed by atoms with Gasteiger partial charge in [-0.2, -0.15) is 0 Å². The number of benzene rings is 1. The Bertz CT molecular complexity index is 414. The molecule has 2 rings (SSSR count). The van der Waals surface area contributed by atoms with Crippen LogP contribution in [0, 0.1) is 0 Å². The lowest BCUT2D eigenvalue weighted by atomic mass is 10.0. The van der Waals surface area contributed by atoms with E-state index in [1.54, 1.807) is 18.3 Å². The first-order chi connectivity index (χ1) is 6.18. The first kappa shape index (κ1) is 8.91. The lowest BCUT2D eigenvalue weighted by Crippen LogP contribution is -2.04. The van der Waals surface area contributed by atoms with E-state index in [1.165, 1.54) is 0 Å². The lowest BCUT2D eigenvalue weighted by Gasteiger charge is -2.09. The van der Waals surface area contributed by atoms with Gasteiger partial charge in [0.05, 0.1) is 10.7 Å². The summed E-state index contributed by atoms with van der Waals surface area (Å²) in [7, 11) is 0. The monoisotopic (exact) mass is 257 g/mol. The van der Waals surface area contributed by atoms with Crippen LogP contribution in [0.4, 0.5) is 5.69 Å². The van der Waals surface area contributed by atoms with Crippen LogP contribution in [0.3, 0.4) is 0 Å². The predicted octanol–water partition coefficient (Wildman–Crippen LogP) is 3.39. The van der Waals surface area contributed by atoms with Crippen molar-refractivity contribution in [1.29, 1.82) is 0 Å². The van der Waals surface area contributed by atoms with Gasteiger partial charge in [0.25, 0.3) is 0 Å². The van der Waals surface area contributed by atoms with Crippen molar-refractivity contribution < 1.29 is 4.79 Å². The van der Waals surface area contributed by atoms with Gasteiger partial charge in [-0.25, -0.2) is 0 Å². The average molecular weight is 259 g/mol. The van der Waals surface area contributed by atoms with E-state index in [9.17, 15) is 4.79 Å². The van der Waals surface area contributed by atoms with Crippen LogP contribution in [0.15, 0.2) is 21.6 Å². The maximum absolute atomic E-state index is 11.4. The highest BCUT2D eigenvalue weighted by atomic mass is 79.9. The quantitative estimate of drug-likeness (QED) is 0.701. The summed E-state index contributed by atoms with van der Waals surface area (Å²) in [6.07, 6.45) is 1.98. The van der Waals surface area contributed by atoms with E-state index in [4.69, 9.17) is 11.6 Å². The minimum absolute atomic E-state index is 0.0689. The maximum Gasteiger partial charge on any atom is 0.170 e. The van der Waals surface area contributed by atoms with Gasteiger partial charge in [0, 0.05) is 22.7 Å². The first-order valence-corrected chi connectivity index (χ1v) is 4.90. The predicted molar refractivity (Wildman–Crippen MR) is 56.3 cm³/mol. The number of rotatable bonds is 0. The molecule has 2 nitrogen and oxygen atoms in total. The molecule has 1 aromatic rings. The Kier molecular flexibility index (Phi) is 2.22. The molecule has 0 saturated heterocycles. The van der Waals surface area contributed by atoms with Gasteiger partial charge >= 0.3 is 0 Å². The Morgan fingerprint density at radius 3 is 3.00 bits per heavy atom. The zero-order valence-corrected chi connectivity index (χ0v) is 8.89. The SMILES string of the molecule is O=C1CC=Nc2cc(Br)c(Cl)cc21. The molecule has 0 aromatic heterocycles. The molecular weight excluding hydrogens is 253 g/mol. The number of carbonyl (C=O) groups is 1. The largest absolute Gasteiger partial charge is 0.294 e. The van der Waals surface area contributed by atoms with Gasteiger partial charge in [0.1, 0.15) is 0 Å². The Hall–Kier alpha value is -0.670. The van der Waals surface area contributed by atoms with E-state index in [0.717, 1.165) is 4.47 Å². The molecule has 0 spiro atoms. The van der Waals surface area contributed by atoms with Crippen LogP contribution in [0.2, 0.25) is 5.02 Å². The molecule has 0 fully saturated rings. The van der Waals surface area contributed by atoms with E-state index in [2.05, 4.69) is 20.9 Å². The third-order valence-electron chi connectivity index (χ3n) is 1.85. The zero-order valence-electron chi connectivity index (χ0n) is 6.55. The number of fused-ring (bicyclic) bond motifs is 1. The molecule has 4 heteroatoms. The van der Waals surface area contributed by atoms with Gasteiger partial charge in [-0.3, -0.25) is 9.79 Å². The van der Waals surface area contributed by atoms with E-state index in [-0.39, 0.29) is 5.78 Å². The molecule has 1 aromatic carbocycles. The average Bonchev–Trinajstić information content (AvgIpc) is 2.09. The number of hydrogen-bond acceptors (Lipinski definition) is 2. The Balaban J connectivity index is 2.67. The molecule has 0 aliphatic carbocycles. The normalized spacial score (nSPS) is 14.5. The number of aliphatic imine (C=N–C) groups is 1. The second-order valence-corrected chi connectivity index (χ2v) is 3.98. The summed E-state index contributed by atoms with van der Waals surface area (Å²) < 4.78 is 0.764. The third-order valence-corrected chi connectivity index (χ3v) is 3.04. The van der Waals surface area contributed by atoms with Gasteiger partial charge < -0.3 is 0 Å². The molecule has 0 amide bonds. The number of nitrogens with zero attached hydrogens (tertiary/aromatic N) is 1. The van der Waals surface area contributed by atoms with Crippen molar-refractivity contribution >= 4 is 45.2 Å². The van der Waals surface area contributed by atoms with Gasteiger partial charge in [-0.05, 0) is 28.1 Å². The Morgan fingerprint density at radius 1 is 1.46 bits per heavy atom. The minimum Gasteiger partial charge on any atom is -0.294 e. The summed E-state index contributed by atoms with van der Waals surface area (Å²) in [6, 6.07) is 3.41. The van der Waals surface area contributed by atoms with E-state index in [1.807, 2.05) is 0 Å². The molecule has 0 N–H and O–H groups in total. The van der Waals surface area contributed by atoms with Gasteiger partial charge in [0.2, 0.25) is 0 Å². The fourth-order valence-corrected chi connectivity index (χ4v) is 1.70. The van der Waals surface area contributed by atoms with Crippen LogP contribution < -0.4 is 0 Å². The van der Waals surface area contributed by atoms with Gasteiger partial charge in [-0.15, -0.1) is 0 Å². The molecule has 66 valence electrons. The first-order valence-electron chi connectivity index (χ1n) is 3.73. The van der Waals surface area contributed by atoms with Crippen LogP contribution in [0.5, 0.6) is 0 Å². The molecule has 0 saturated carbocycles. The highest BCUT2D eigenvalue weighted by Gasteiger charge is 2.15. The fourth-order valence-electron chi connectivity index (χ4n) is 1.20. The lowest BCUT2D eigenvalue weighted by molar-refractivity contribution is 0.100. The second kappa shape index (κ2) is 3.24. The molecule has 1 aliphatic rings. The highest BCUT2D eigenvalue weighted by Crippen LogP contribution is 2.33. The van der Waals surface area contributed by atoms with Crippen LogP contribution in [0.25, 0.3) is 0 Å². The number of ketones is 1. The van der Waals surface area contributed by atoms with Crippen molar-refractivity contribution in [3.8, 4) is 0 Å². The van der Waals surface area contributed by atoms with Crippen molar-refractivity contribution in [2.24, 2.45) is 4.99 Å². The Morgan fingerprint density at radius 2 is 2.23 bits per heavy atom. The molecule has 0 atom stereocenters. The second-order valence-electron chi connectivity index (χ2n) is 2.72. The van der Waals surface area contributed by atoms with Crippen LogP contribution >= 0.6 is 27.5 Å². The van der Waals surface area contributed by atoms with Gasteiger partial charge in [-0.1, -0.05) is 11.6 Å². The topological polar surface area (TPSA) is 29.4 Å².